The third-order valence-electron chi connectivity index (χ3n) is 5.20. The van der Waals surface area contributed by atoms with Crippen molar-refractivity contribution >= 4 is 11.8 Å². The number of hydrogen-bond donors (Lipinski definition) is 0. The van der Waals surface area contributed by atoms with Crippen LogP contribution < -0.4 is 0 Å². The Morgan fingerprint density at radius 1 is 1.08 bits per heavy atom. The molecular formula is C20H31NO2S. The van der Waals surface area contributed by atoms with Crippen molar-refractivity contribution in [1.29, 1.82) is 0 Å². The topological polar surface area (TPSA) is 21.7 Å². The Labute approximate surface area is 151 Å². The summed E-state index contributed by atoms with van der Waals surface area (Å²) in [7, 11) is 0. The smallest absolute Gasteiger partial charge is 0.0622 e. The Balaban J connectivity index is 1.32. The zero-order chi connectivity index (χ0) is 16.6. The minimum absolute atomic E-state index is 0.440. The molecule has 0 amide bonds. The van der Waals surface area contributed by atoms with E-state index in [9.17, 15) is 0 Å². The third kappa shape index (κ3) is 5.76. The summed E-state index contributed by atoms with van der Waals surface area (Å²) >= 11 is 1.97. The summed E-state index contributed by atoms with van der Waals surface area (Å²) in [6.07, 6.45) is 6.69. The van der Waals surface area contributed by atoms with Gasteiger partial charge in [-0.1, -0.05) is 18.2 Å². The van der Waals surface area contributed by atoms with Crippen LogP contribution in [0.15, 0.2) is 35.2 Å². The molecule has 0 spiro atoms. The highest BCUT2D eigenvalue weighted by molar-refractivity contribution is 7.99. The molecule has 0 saturated carbocycles. The lowest BCUT2D eigenvalue weighted by molar-refractivity contribution is -0.0868. The van der Waals surface area contributed by atoms with Crippen molar-refractivity contribution in [3.05, 3.63) is 30.3 Å². The highest BCUT2D eigenvalue weighted by Gasteiger charge is 2.26. The van der Waals surface area contributed by atoms with Gasteiger partial charge in [0.1, 0.15) is 0 Å². The summed E-state index contributed by atoms with van der Waals surface area (Å²) in [5.74, 6) is 1.20. The van der Waals surface area contributed by atoms with Gasteiger partial charge in [0, 0.05) is 37.2 Å². The molecule has 24 heavy (non-hydrogen) atoms. The van der Waals surface area contributed by atoms with Gasteiger partial charge in [0.2, 0.25) is 0 Å². The quantitative estimate of drug-likeness (QED) is 0.687. The van der Waals surface area contributed by atoms with Crippen LogP contribution in [0.4, 0.5) is 0 Å². The monoisotopic (exact) mass is 349 g/mol. The van der Waals surface area contributed by atoms with Gasteiger partial charge in [0.05, 0.1) is 12.2 Å². The minimum atomic E-state index is 0.440. The Morgan fingerprint density at radius 3 is 2.46 bits per heavy atom. The predicted molar refractivity (Wildman–Crippen MR) is 101 cm³/mol. The summed E-state index contributed by atoms with van der Waals surface area (Å²) in [6.45, 7) is 6.50. The van der Waals surface area contributed by atoms with Gasteiger partial charge in [-0.25, -0.2) is 0 Å². The largest absolute Gasteiger partial charge is 0.381 e. The van der Waals surface area contributed by atoms with E-state index in [4.69, 9.17) is 9.47 Å². The van der Waals surface area contributed by atoms with Gasteiger partial charge < -0.3 is 14.4 Å². The molecule has 2 aliphatic heterocycles. The summed E-state index contributed by atoms with van der Waals surface area (Å²) in [5.41, 5.74) is 0. The molecule has 2 heterocycles. The molecule has 0 aromatic heterocycles. The molecular weight excluding hydrogens is 318 g/mol. The molecule has 134 valence electrons. The normalized spacial score (nSPS) is 22.5. The van der Waals surface area contributed by atoms with Crippen molar-refractivity contribution in [2.45, 2.75) is 62.2 Å². The molecule has 1 atom stereocenters. The Morgan fingerprint density at radius 2 is 1.75 bits per heavy atom. The van der Waals surface area contributed by atoms with Crippen LogP contribution in [-0.2, 0) is 9.47 Å². The summed E-state index contributed by atoms with van der Waals surface area (Å²) in [5, 5.41) is 0. The van der Waals surface area contributed by atoms with E-state index < -0.39 is 0 Å². The SMILES string of the molecule is C[C@H](CCSc1ccccc1)N1CCC(OC2CCOCC2)CC1. The number of nitrogens with zero attached hydrogens (tertiary/aromatic N) is 1. The summed E-state index contributed by atoms with van der Waals surface area (Å²) in [4.78, 5) is 4.03. The van der Waals surface area contributed by atoms with Gasteiger partial charge in [0.15, 0.2) is 0 Å². The number of benzene rings is 1. The molecule has 2 fully saturated rings. The van der Waals surface area contributed by atoms with E-state index in [0.29, 0.717) is 18.2 Å². The van der Waals surface area contributed by atoms with Crippen LogP contribution >= 0.6 is 11.8 Å². The Hall–Kier alpha value is -0.550. The number of ether oxygens (including phenoxy) is 2. The molecule has 3 rings (SSSR count). The van der Waals surface area contributed by atoms with E-state index in [0.717, 1.165) is 26.1 Å². The fourth-order valence-electron chi connectivity index (χ4n) is 3.58. The van der Waals surface area contributed by atoms with Crippen molar-refractivity contribution in [1.82, 2.24) is 4.90 Å². The number of piperidine rings is 1. The molecule has 0 radical (unpaired) electrons. The van der Waals surface area contributed by atoms with E-state index in [-0.39, 0.29) is 0 Å². The van der Waals surface area contributed by atoms with Crippen LogP contribution in [0, 0.1) is 0 Å². The van der Waals surface area contributed by atoms with Crippen LogP contribution in [0.25, 0.3) is 0 Å². The van der Waals surface area contributed by atoms with Gasteiger partial charge in [-0.3, -0.25) is 0 Å². The fourth-order valence-corrected chi connectivity index (χ4v) is 4.63. The van der Waals surface area contributed by atoms with Gasteiger partial charge in [-0.05, 0) is 56.9 Å². The molecule has 2 saturated heterocycles. The first-order valence-electron chi connectivity index (χ1n) is 9.46. The third-order valence-corrected chi connectivity index (χ3v) is 6.25. The van der Waals surface area contributed by atoms with Crippen LogP contribution in [0.1, 0.15) is 39.0 Å². The van der Waals surface area contributed by atoms with E-state index in [1.165, 1.54) is 43.0 Å². The van der Waals surface area contributed by atoms with E-state index in [2.05, 4.69) is 42.2 Å². The van der Waals surface area contributed by atoms with Crippen molar-refractivity contribution in [2.75, 3.05) is 32.1 Å². The van der Waals surface area contributed by atoms with Crippen molar-refractivity contribution in [3.8, 4) is 0 Å². The first kappa shape index (κ1) is 18.2. The van der Waals surface area contributed by atoms with E-state index >= 15 is 0 Å². The van der Waals surface area contributed by atoms with E-state index in [1.54, 1.807) is 0 Å². The average Bonchev–Trinajstić information content (AvgIpc) is 2.64. The highest BCUT2D eigenvalue weighted by atomic mass is 32.2. The van der Waals surface area contributed by atoms with Crippen LogP contribution in [0.3, 0.4) is 0 Å². The molecule has 0 bridgehead atoms. The van der Waals surface area contributed by atoms with Crippen LogP contribution in [-0.4, -0.2) is 55.2 Å². The van der Waals surface area contributed by atoms with Gasteiger partial charge in [-0.2, -0.15) is 0 Å². The van der Waals surface area contributed by atoms with Gasteiger partial charge >= 0.3 is 0 Å². The number of likely N-dealkylation sites (tertiary alicyclic amines) is 1. The highest BCUT2D eigenvalue weighted by Crippen LogP contribution is 2.23. The molecule has 3 nitrogen and oxygen atoms in total. The number of hydrogen-bond acceptors (Lipinski definition) is 4. The van der Waals surface area contributed by atoms with Gasteiger partial charge in [0.25, 0.3) is 0 Å². The maximum absolute atomic E-state index is 6.29. The number of thioether (sulfide) groups is 1. The minimum Gasteiger partial charge on any atom is -0.381 e. The molecule has 4 heteroatoms. The molecule has 1 aromatic carbocycles. The predicted octanol–water partition coefficient (Wildman–Crippen LogP) is 4.22. The summed E-state index contributed by atoms with van der Waals surface area (Å²) in [6, 6.07) is 11.4. The lowest BCUT2D eigenvalue weighted by Crippen LogP contribution is -2.43. The molecule has 2 aliphatic rings. The maximum atomic E-state index is 6.29. The van der Waals surface area contributed by atoms with E-state index in [1.807, 2.05) is 11.8 Å². The Kier molecular flexibility index (Phi) is 7.46. The Bertz CT molecular complexity index is 456. The zero-order valence-electron chi connectivity index (χ0n) is 14.9. The standard InChI is InChI=1S/C20H31NO2S/c1-17(11-16-24-20-5-3-2-4-6-20)21-12-7-18(8-13-21)23-19-9-14-22-15-10-19/h2-6,17-19H,7-16H2,1H3/t17-/m1/s1. The van der Waals surface area contributed by atoms with Crippen molar-refractivity contribution in [3.63, 3.8) is 0 Å². The second-order valence-corrected chi connectivity index (χ2v) is 8.15. The first-order chi connectivity index (χ1) is 11.8. The average molecular weight is 350 g/mol. The second-order valence-electron chi connectivity index (χ2n) is 6.98. The number of rotatable bonds is 7. The molecule has 1 aromatic rings. The molecule has 0 unspecified atom stereocenters. The second kappa shape index (κ2) is 9.81. The van der Waals surface area contributed by atoms with Crippen molar-refractivity contribution in [2.24, 2.45) is 0 Å². The van der Waals surface area contributed by atoms with Crippen molar-refractivity contribution < 1.29 is 9.47 Å². The van der Waals surface area contributed by atoms with Crippen LogP contribution in [0.5, 0.6) is 0 Å². The van der Waals surface area contributed by atoms with Crippen LogP contribution in [0.2, 0.25) is 0 Å². The molecule has 0 N–H and O–H groups in total. The zero-order valence-corrected chi connectivity index (χ0v) is 15.7. The lowest BCUT2D eigenvalue weighted by Gasteiger charge is -2.37. The van der Waals surface area contributed by atoms with Gasteiger partial charge in [-0.15, -0.1) is 11.8 Å². The first-order valence-corrected chi connectivity index (χ1v) is 10.4. The fraction of sp³-hybridized carbons (Fsp3) is 0.700. The maximum Gasteiger partial charge on any atom is 0.0622 e. The summed E-state index contributed by atoms with van der Waals surface area (Å²) < 4.78 is 11.7. The lowest BCUT2D eigenvalue weighted by atomic mass is 10.0. The molecule has 0 aliphatic carbocycles.